The minimum atomic E-state index is -0.0728. The maximum absolute atomic E-state index is 11.3. The second-order valence-corrected chi connectivity index (χ2v) is 2.89. The molecule has 0 aliphatic heterocycles. The summed E-state index contributed by atoms with van der Waals surface area (Å²) in [6.07, 6.45) is 1.69. The van der Waals surface area contributed by atoms with E-state index < -0.39 is 0 Å². The molecular formula is C11H10N2O. The third-order valence-electron chi connectivity index (χ3n) is 1.85. The van der Waals surface area contributed by atoms with E-state index in [1.165, 1.54) is 10.7 Å². The first kappa shape index (κ1) is 8.56. The maximum atomic E-state index is 11.3. The Bertz CT molecular complexity index is 462. The Morgan fingerprint density at radius 2 is 1.64 bits per heavy atom. The highest BCUT2D eigenvalue weighted by Crippen LogP contribution is 2.03. The minimum absolute atomic E-state index is 0.0728. The van der Waals surface area contributed by atoms with Gasteiger partial charge >= 0.3 is 0 Å². The van der Waals surface area contributed by atoms with E-state index in [4.69, 9.17) is 0 Å². The van der Waals surface area contributed by atoms with E-state index in [0.29, 0.717) is 0 Å². The van der Waals surface area contributed by atoms with Gasteiger partial charge in [-0.05, 0) is 18.2 Å². The first-order valence-corrected chi connectivity index (χ1v) is 4.36. The van der Waals surface area contributed by atoms with E-state index in [1.54, 1.807) is 18.3 Å². The van der Waals surface area contributed by atoms with Gasteiger partial charge in [0.15, 0.2) is 0 Å². The molecule has 3 heteroatoms. The number of aromatic nitrogens is 1. The summed E-state index contributed by atoms with van der Waals surface area (Å²) in [5.74, 6) is 0. The second kappa shape index (κ2) is 3.79. The molecule has 0 fully saturated rings. The monoisotopic (exact) mass is 186 g/mol. The molecule has 0 aliphatic rings. The van der Waals surface area contributed by atoms with Crippen molar-refractivity contribution in [3.63, 3.8) is 0 Å². The number of pyridine rings is 1. The fraction of sp³-hybridized carbons (Fsp3) is 0. The van der Waals surface area contributed by atoms with Gasteiger partial charge in [0, 0.05) is 12.3 Å². The van der Waals surface area contributed by atoms with Crippen molar-refractivity contribution in [2.45, 2.75) is 0 Å². The molecule has 2 rings (SSSR count). The Hall–Kier alpha value is -2.03. The van der Waals surface area contributed by atoms with Crippen molar-refractivity contribution in [2.24, 2.45) is 0 Å². The summed E-state index contributed by atoms with van der Waals surface area (Å²) in [6, 6.07) is 14.6. The first-order chi connectivity index (χ1) is 6.86. The highest BCUT2D eigenvalue weighted by Gasteiger charge is 1.92. The number of para-hydroxylation sites is 1. The standard InChI is InChI=1S/C11H10N2O/c14-11-8-4-5-9-13(11)12-10-6-2-1-3-7-10/h1-9,12H. The number of nitrogens with one attached hydrogen (secondary N) is 1. The van der Waals surface area contributed by atoms with E-state index >= 15 is 0 Å². The number of nitrogens with zero attached hydrogens (tertiary/aromatic N) is 1. The largest absolute Gasteiger partial charge is 0.292 e. The zero-order valence-electron chi connectivity index (χ0n) is 7.55. The second-order valence-electron chi connectivity index (χ2n) is 2.89. The summed E-state index contributed by atoms with van der Waals surface area (Å²) in [4.78, 5) is 11.3. The Kier molecular flexibility index (Phi) is 2.32. The van der Waals surface area contributed by atoms with Gasteiger partial charge in [-0.15, -0.1) is 0 Å². The van der Waals surface area contributed by atoms with Crippen molar-refractivity contribution >= 4 is 5.69 Å². The molecule has 0 spiro atoms. The van der Waals surface area contributed by atoms with Crippen molar-refractivity contribution in [2.75, 3.05) is 5.43 Å². The lowest BCUT2D eigenvalue weighted by atomic mass is 10.3. The number of hydrogen-bond donors (Lipinski definition) is 1. The summed E-state index contributed by atoms with van der Waals surface area (Å²) in [5, 5.41) is 0. The third kappa shape index (κ3) is 1.82. The van der Waals surface area contributed by atoms with Crippen LogP contribution in [0, 0.1) is 0 Å². The molecule has 14 heavy (non-hydrogen) atoms. The molecule has 0 saturated carbocycles. The molecule has 0 atom stereocenters. The van der Waals surface area contributed by atoms with Crippen LogP contribution in [0.5, 0.6) is 0 Å². The normalized spacial score (nSPS) is 9.71. The lowest BCUT2D eigenvalue weighted by Crippen LogP contribution is -2.24. The quantitative estimate of drug-likeness (QED) is 0.774. The van der Waals surface area contributed by atoms with E-state index in [1.807, 2.05) is 30.3 Å². The van der Waals surface area contributed by atoms with Gasteiger partial charge in [0.1, 0.15) is 0 Å². The van der Waals surface area contributed by atoms with Crippen LogP contribution < -0.4 is 11.0 Å². The number of hydrogen-bond acceptors (Lipinski definition) is 2. The Morgan fingerprint density at radius 3 is 2.36 bits per heavy atom. The van der Waals surface area contributed by atoms with Crippen LogP contribution in [-0.2, 0) is 0 Å². The van der Waals surface area contributed by atoms with Crippen LogP contribution in [-0.4, -0.2) is 4.68 Å². The zero-order valence-corrected chi connectivity index (χ0v) is 7.55. The number of rotatable bonds is 2. The molecule has 0 bridgehead atoms. The molecule has 0 amide bonds. The fourth-order valence-corrected chi connectivity index (χ4v) is 1.17. The van der Waals surface area contributed by atoms with Gasteiger partial charge in [-0.1, -0.05) is 24.3 Å². The van der Waals surface area contributed by atoms with Gasteiger partial charge in [-0.3, -0.25) is 10.2 Å². The first-order valence-electron chi connectivity index (χ1n) is 4.36. The van der Waals surface area contributed by atoms with Gasteiger partial charge < -0.3 is 0 Å². The highest BCUT2D eigenvalue weighted by molar-refractivity contribution is 5.41. The molecule has 0 radical (unpaired) electrons. The van der Waals surface area contributed by atoms with Gasteiger partial charge in [0.25, 0.3) is 5.56 Å². The minimum Gasteiger partial charge on any atom is -0.292 e. The molecule has 0 saturated heterocycles. The van der Waals surface area contributed by atoms with Gasteiger partial charge in [0.05, 0.1) is 5.69 Å². The lowest BCUT2D eigenvalue weighted by Gasteiger charge is -2.07. The molecule has 1 heterocycles. The molecule has 1 aromatic carbocycles. The van der Waals surface area contributed by atoms with Crippen LogP contribution >= 0.6 is 0 Å². The molecule has 2 aromatic rings. The van der Waals surface area contributed by atoms with Crippen LogP contribution in [0.25, 0.3) is 0 Å². The Morgan fingerprint density at radius 1 is 0.929 bits per heavy atom. The summed E-state index contributed by atoms with van der Waals surface area (Å²) in [5.41, 5.74) is 3.79. The van der Waals surface area contributed by atoms with E-state index in [-0.39, 0.29) is 5.56 Å². The van der Waals surface area contributed by atoms with Crippen LogP contribution in [0.2, 0.25) is 0 Å². The maximum Gasteiger partial charge on any atom is 0.269 e. The van der Waals surface area contributed by atoms with Crippen molar-refractivity contribution in [1.29, 1.82) is 0 Å². The highest BCUT2D eigenvalue weighted by atomic mass is 16.1. The molecule has 1 aromatic heterocycles. The predicted octanol–water partition coefficient (Wildman–Crippen LogP) is 1.72. The van der Waals surface area contributed by atoms with Crippen molar-refractivity contribution in [3.05, 3.63) is 65.1 Å². The van der Waals surface area contributed by atoms with E-state index in [9.17, 15) is 4.79 Å². The van der Waals surface area contributed by atoms with Crippen molar-refractivity contribution in [1.82, 2.24) is 4.68 Å². The smallest absolute Gasteiger partial charge is 0.269 e. The Balaban J connectivity index is 2.28. The molecule has 0 aliphatic carbocycles. The SMILES string of the molecule is O=c1ccccn1Nc1ccccc1. The Labute approximate surface area is 81.6 Å². The third-order valence-corrected chi connectivity index (χ3v) is 1.85. The summed E-state index contributed by atoms with van der Waals surface area (Å²) < 4.78 is 1.44. The van der Waals surface area contributed by atoms with E-state index in [0.717, 1.165) is 5.69 Å². The van der Waals surface area contributed by atoms with Crippen molar-refractivity contribution < 1.29 is 0 Å². The fourth-order valence-electron chi connectivity index (χ4n) is 1.17. The van der Waals surface area contributed by atoms with Crippen LogP contribution in [0.3, 0.4) is 0 Å². The molecule has 70 valence electrons. The number of anilines is 1. The average molecular weight is 186 g/mol. The van der Waals surface area contributed by atoms with E-state index in [2.05, 4.69) is 5.43 Å². The number of benzene rings is 1. The van der Waals surface area contributed by atoms with Gasteiger partial charge in [0.2, 0.25) is 0 Å². The molecule has 0 unspecified atom stereocenters. The lowest BCUT2D eigenvalue weighted by molar-refractivity contribution is 0.900. The molecular weight excluding hydrogens is 176 g/mol. The average Bonchev–Trinajstić information content (AvgIpc) is 2.23. The molecule has 1 N–H and O–H groups in total. The molecule has 3 nitrogen and oxygen atoms in total. The van der Waals surface area contributed by atoms with Gasteiger partial charge in [-0.2, -0.15) is 0 Å². The van der Waals surface area contributed by atoms with Crippen LogP contribution in [0.15, 0.2) is 59.5 Å². The van der Waals surface area contributed by atoms with Crippen LogP contribution in [0.4, 0.5) is 5.69 Å². The summed E-state index contributed by atoms with van der Waals surface area (Å²) in [7, 11) is 0. The summed E-state index contributed by atoms with van der Waals surface area (Å²) in [6.45, 7) is 0. The topological polar surface area (TPSA) is 34.0 Å². The van der Waals surface area contributed by atoms with Crippen LogP contribution in [0.1, 0.15) is 0 Å². The van der Waals surface area contributed by atoms with Gasteiger partial charge in [-0.25, -0.2) is 4.68 Å². The summed E-state index contributed by atoms with van der Waals surface area (Å²) >= 11 is 0. The zero-order chi connectivity index (χ0) is 9.80. The predicted molar refractivity (Wildman–Crippen MR) is 56.2 cm³/mol. The van der Waals surface area contributed by atoms with Crippen molar-refractivity contribution in [3.8, 4) is 0 Å².